The number of carbonyl (C=O) groups is 2. The van der Waals surface area contributed by atoms with Gasteiger partial charge < -0.3 is 20.5 Å². The van der Waals surface area contributed by atoms with E-state index in [9.17, 15) is 9.59 Å². The van der Waals surface area contributed by atoms with Crippen LogP contribution in [0.25, 0.3) is 0 Å². The molecule has 1 heterocycles. The maximum atomic E-state index is 13.4. The summed E-state index contributed by atoms with van der Waals surface area (Å²) in [6.07, 6.45) is 5.93. The molecule has 2 aliphatic rings. The number of aromatic nitrogens is 1. The number of hydrogen-bond acceptors (Lipinski definition) is 5. The molecule has 2 aromatic rings. The molecule has 2 fully saturated rings. The average molecular weight is 425 g/mol. The first-order valence-corrected chi connectivity index (χ1v) is 11.4. The van der Waals surface area contributed by atoms with Gasteiger partial charge in [0.05, 0.1) is 0 Å². The van der Waals surface area contributed by atoms with Crippen LogP contribution in [0.3, 0.4) is 0 Å². The van der Waals surface area contributed by atoms with Crippen LogP contribution in [0.5, 0.6) is 0 Å². The fraction of sp³-hybridized carbons (Fsp3) is 0.542. The summed E-state index contributed by atoms with van der Waals surface area (Å²) in [7, 11) is 0. The molecule has 0 radical (unpaired) electrons. The number of carbonyl (C=O) groups excluding carboxylic acids is 2. The van der Waals surface area contributed by atoms with Crippen LogP contribution < -0.4 is 11.1 Å². The Labute approximate surface area is 183 Å². The number of amides is 2. The van der Waals surface area contributed by atoms with E-state index in [4.69, 9.17) is 10.3 Å². The van der Waals surface area contributed by atoms with Gasteiger partial charge in [-0.2, -0.15) is 0 Å². The first kappa shape index (κ1) is 21.6. The van der Waals surface area contributed by atoms with Gasteiger partial charge in [-0.15, -0.1) is 0 Å². The highest BCUT2D eigenvalue weighted by molar-refractivity contribution is 5.92. The molecule has 1 aromatic heterocycles. The van der Waals surface area contributed by atoms with Gasteiger partial charge in [-0.25, -0.2) is 0 Å². The number of hydrogen-bond donors (Lipinski definition) is 2. The fourth-order valence-electron chi connectivity index (χ4n) is 4.36. The summed E-state index contributed by atoms with van der Waals surface area (Å²) in [6, 6.07) is 12.0. The van der Waals surface area contributed by atoms with Gasteiger partial charge in [0, 0.05) is 43.1 Å². The molecule has 31 heavy (non-hydrogen) atoms. The zero-order valence-electron chi connectivity index (χ0n) is 18.1. The minimum Gasteiger partial charge on any atom is -0.360 e. The summed E-state index contributed by atoms with van der Waals surface area (Å²) < 4.78 is 5.43. The van der Waals surface area contributed by atoms with Crippen molar-refractivity contribution >= 4 is 11.8 Å². The van der Waals surface area contributed by atoms with Crippen molar-refractivity contribution in [3.63, 3.8) is 0 Å². The van der Waals surface area contributed by atoms with E-state index in [-0.39, 0.29) is 29.9 Å². The highest BCUT2D eigenvalue weighted by Gasteiger charge is 2.33. The molecule has 0 aliphatic heterocycles. The predicted octanol–water partition coefficient (Wildman–Crippen LogP) is 3.36. The average Bonchev–Trinajstić information content (AvgIpc) is 3.49. The standard InChI is InChI=1S/C24H32N4O3/c1-16(25)13-23(29)26-19-9-11-20(12-10-19)28(15-17-5-3-2-4-6-17)24(30)21-14-22(31-27-21)18-7-8-18/h2-6,14,16,18-20H,7-13,15,25H2,1H3,(H,26,29)/t16-,19-,20-/m1/s1. The largest absolute Gasteiger partial charge is 0.360 e. The van der Waals surface area contributed by atoms with E-state index < -0.39 is 0 Å². The molecule has 1 aromatic carbocycles. The summed E-state index contributed by atoms with van der Waals surface area (Å²) in [5.41, 5.74) is 7.21. The van der Waals surface area contributed by atoms with Crippen LogP contribution in [0, 0.1) is 0 Å². The van der Waals surface area contributed by atoms with Crippen molar-refractivity contribution in [3.8, 4) is 0 Å². The van der Waals surface area contributed by atoms with Gasteiger partial charge in [-0.3, -0.25) is 9.59 Å². The number of nitrogens with one attached hydrogen (secondary N) is 1. The molecule has 2 aliphatic carbocycles. The smallest absolute Gasteiger partial charge is 0.276 e. The van der Waals surface area contributed by atoms with Crippen LogP contribution in [-0.2, 0) is 11.3 Å². The molecular weight excluding hydrogens is 392 g/mol. The second-order valence-corrected chi connectivity index (χ2v) is 9.06. The fourth-order valence-corrected chi connectivity index (χ4v) is 4.36. The number of benzene rings is 1. The van der Waals surface area contributed by atoms with E-state index in [0.29, 0.717) is 24.6 Å². The summed E-state index contributed by atoms with van der Waals surface area (Å²) >= 11 is 0. The highest BCUT2D eigenvalue weighted by Crippen LogP contribution is 2.40. The van der Waals surface area contributed by atoms with E-state index in [2.05, 4.69) is 10.5 Å². The zero-order chi connectivity index (χ0) is 21.8. The van der Waals surface area contributed by atoms with Crippen LogP contribution in [0.15, 0.2) is 40.9 Å². The molecule has 0 bridgehead atoms. The van der Waals surface area contributed by atoms with Crippen LogP contribution in [0.4, 0.5) is 0 Å². The minimum absolute atomic E-state index is 0.00544. The van der Waals surface area contributed by atoms with Crippen molar-refractivity contribution in [2.75, 3.05) is 0 Å². The van der Waals surface area contributed by atoms with E-state index in [1.165, 1.54) is 0 Å². The first-order chi connectivity index (χ1) is 15.0. The van der Waals surface area contributed by atoms with Crippen molar-refractivity contribution in [1.82, 2.24) is 15.4 Å². The van der Waals surface area contributed by atoms with Crippen LogP contribution in [0.1, 0.15) is 79.6 Å². The SMILES string of the molecule is C[C@@H](N)CC(=O)N[C@H]1CC[C@H](N(Cc2ccccc2)C(=O)c2cc(C3CC3)on2)CC1. The van der Waals surface area contributed by atoms with Crippen LogP contribution in [-0.4, -0.2) is 40.0 Å². The Bertz CT molecular complexity index is 883. The maximum Gasteiger partial charge on any atom is 0.276 e. The molecule has 0 unspecified atom stereocenters. The zero-order valence-corrected chi connectivity index (χ0v) is 18.1. The summed E-state index contributed by atoms with van der Waals surface area (Å²) in [5.74, 6) is 1.17. The quantitative estimate of drug-likeness (QED) is 0.677. The molecule has 1 atom stereocenters. The molecule has 166 valence electrons. The predicted molar refractivity (Wildman–Crippen MR) is 117 cm³/mol. The molecule has 2 amide bonds. The third-order valence-electron chi connectivity index (χ3n) is 6.19. The van der Waals surface area contributed by atoms with Gasteiger partial charge in [0.25, 0.3) is 5.91 Å². The van der Waals surface area contributed by atoms with Gasteiger partial charge in [0.2, 0.25) is 5.91 Å². The van der Waals surface area contributed by atoms with E-state index in [1.807, 2.05) is 48.2 Å². The van der Waals surface area contributed by atoms with Gasteiger partial charge in [-0.1, -0.05) is 35.5 Å². The van der Waals surface area contributed by atoms with Gasteiger partial charge in [-0.05, 0) is 51.0 Å². The monoisotopic (exact) mass is 424 g/mol. The van der Waals surface area contributed by atoms with E-state index in [1.54, 1.807) is 0 Å². The molecule has 4 rings (SSSR count). The Morgan fingerprint density at radius 3 is 2.52 bits per heavy atom. The summed E-state index contributed by atoms with van der Waals surface area (Å²) in [5, 5.41) is 7.17. The lowest BCUT2D eigenvalue weighted by Gasteiger charge is -2.37. The van der Waals surface area contributed by atoms with Crippen molar-refractivity contribution in [1.29, 1.82) is 0 Å². The molecule has 0 saturated heterocycles. The van der Waals surface area contributed by atoms with Crippen molar-refractivity contribution in [2.45, 2.75) is 82.5 Å². The highest BCUT2D eigenvalue weighted by atomic mass is 16.5. The Kier molecular flexibility index (Phi) is 6.70. The van der Waals surface area contributed by atoms with Gasteiger partial charge in [0.1, 0.15) is 5.76 Å². The Morgan fingerprint density at radius 1 is 1.16 bits per heavy atom. The van der Waals surface area contributed by atoms with Gasteiger partial charge in [0.15, 0.2) is 5.69 Å². The minimum atomic E-state index is -0.140. The third kappa shape index (κ3) is 5.73. The lowest BCUT2D eigenvalue weighted by Crippen LogP contribution is -2.46. The first-order valence-electron chi connectivity index (χ1n) is 11.4. The van der Waals surface area contributed by atoms with Gasteiger partial charge >= 0.3 is 0 Å². The molecular formula is C24H32N4O3. The van der Waals surface area contributed by atoms with Crippen LogP contribution >= 0.6 is 0 Å². The lowest BCUT2D eigenvalue weighted by molar-refractivity contribution is -0.122. The number of nitrogens with zero attached hydrogens (tertiary/aromatic N) is 2. The number of nitrogens with two attached hydrogens (primary N) is 1. The summed E-state index contributed by atoms with van der Waals surface area (Å²) in [6.45, 7) is 2.37. The molecule has 7 heteroatoms. The van der Waals surface area contributed by atoms with Crippen molar-refractivity contribution in [3.05, 3.63) is 53.4 Å². The van der Waals surface area contributed by atoms with E-state index >= 15 is 0 Å². The molecule has 0 spiro atoms. The normalized spacial score (nSPS) is 22.0. The summed E-state index contributed by atoms with van der Waals surface area (Å²) in [4.78, 5) is 27.4. The maximum absolute atomic E-state index is 13.4. The molecule has 7 nitrogen and oxygen atoms in total. The molecule has 3 N–H and O–H groups in total. The molecule has 2 saturated carbocycles. The third-order valence-corrected chi connectivity index (χ3v) is 6.19. The van der Waals surface area contributed by atoms with Crippen LogP contribution in [0.2, 0.25) is 0 Å². The second kappa shape index (κ2) is 9.64. The van der Waals surface area contributed by atoms with E-state index in [0.717, 1.165) is 49.8 Å². The number of rotatable bonds is 8. The van der Waals surface area contributed by atoms with Crippen molar-refractivity contribution < 1.29 is 14.1 Å². The van der Waals surface area contributed by atoms with Crippen molar-refractivity contribution in [2.24, 2.45) is 5.73 Å². The Morgan fingerprint density at radius 2 is 1.87 bits per heavy atom. The Balaban J connectivity index is 1.43. The second-order valence-electron chi connectivity index (χ2n) is 9.06. The topological polar surface area (TPSA) is 101 Å². The Hall–Kier alpha value is -2.67. The lowest BCUT2D eigenvalue weighted by atomic mass is 9.89.